The Balaban J connectivity index is 1.92. The Kier molecular flexibility index (Phi) is 5.91. The van der Waals surface area contributed by atoms with Gasteiger partial charge in [0, 0.05) is 6.54 Å². The maximum absolute atomic E-state index is 12.3. The zero-order chi connectivity index (χ0) is 18.7. The Bertz CT molecular complexity index is 819. The van der Waals surface area contributed by atoms with Crippen LogP contribution < -0.4 is 9.46 Å². The Labute approximate surface area is 151 Å². The van der Waals surface area contributed by atoms with Crippen molar-refractivity contribution in [2.45, 2.75) is 44.9 Å². The lowest BCUT2D eigenvalue weighted by atomic mass is 9.87. The topological polar surface area (TPSA) is 55.4 Å². The summed E-state index contributed by atoms with van der Waals surface area (Å²) < 4.78 is 32.9. The van der Waals surface area contributed by atoms with Gasteiger partial charge in [0.15, 0.2) is 0 Å². The summed E-state index contributed by atoms with van der Waals surface area (Å²) in [5.74, 6) is 0.747. The fraction of sp³-hybridized carbons (Fsp3) is 0.400. The van der Waals surface area contributed by atoms with Crippen molar-refractivity contribution in [1.82, 2.24) is 4.72 Å². The van der Waals surface area contributed by atoms with Crippen molar-refractivity contribution < 1.29 is 13.2 Å². The van der Waals surface area contributed by atoms with Gasteiger partial charge in [0.2, 0.25) is 10.0 Å². The number of hydrogen-bond donors (Lipinski definition) is 1. The van der Waals surface area contributed by atoms with Crippen LogP contribution in [-0.2, 0) is 15.4 Å². The van der Waals surface area contributed by atoms with E-state index in [4.69, 9.17) is 4.74 Å². The zero-order valence-corrected chi connectivity index (χ0v) is 16.4. The fourth-order valence-corrected chi connectivity index (χ4v) is 3.38. The van der Waals surface area contributed by atoms with E-state index in [1.165, 1.54) is 5.56 Å². The largest absolute Gasteiger partial charge is 0.492 e. The highest BCUT2D eigenvalue weighted by Crippen LogP contribution is 2.23. The number of nitrogens with one attached hydrogen (secondary N) is 1. The number of aryl methyl sites for hydroxylation is 2. The van der Waals surface area contributed by atoms with Crippen LogP contribution in [0.4, 0.5) is 0 Å². The van der Waals surface area contributed by atoms with E-state index in [1.807, 2.05) is 44.2 Å². The molecule has 0 atom stereocenters. The first-order valence-corrected chi connectivity index (χ1v) is 9.88. The molecule has 2 rings (SSSR count). The third-order valence-electron chi connectivity index (χ3n) is 4.17. The maximum atomic E-state index is 12.3. The molecule has 2 aromatic rings. The van der Waals surface area contributed by atoms with Crippen LogP contribution in [0.3, 0.4) is 0 Å². The molecular formula is C20H27NO3S. The van der Waals surface area contributed by atoms with Gasteiger partial charge in [0.05, 0.1) is 4.90 Å². The molecule has 25 heavy (non-hydrogen) atoms. The first-order chi connectivity index (χ1) is 11.6. The normalized spacial score (nSPS) is 12.2. The second-order valence-corrected chi connectivity index (χ2v) is 9.03. The highest BCUT2D eigenvalue weighted by atomic mass is 32.2. The quantitative estimate of drug-likeness (QED) is 0.793. The molecule has 0 spiro atoms. The van der Waals surface area contributed by atoms with E-state index in [-0.39, 0.29) is 23.5 Å². The predicted octanol–water partition coefficient (Wildman–Crippen LogP) is 3.96. The van der Waals surface area contributed by atoms with Crippen molar-refractivity contribution in [1.29, 1.82) is 0 Å². The van der Waals surface area contributed by atoms with Crippen molar-refractivity contribution >= 4 is 10.0 Å². The molecule has 0 heterocycles. The number of hydrogen-bond acceptors (Lipinski definition) is 3. The molecule has 4 nitrogen and oxygen atoms in total. The maximum Gasteiger partial charge on any atom is 0.240 e. The first-order valence-electron chi connectivity index (χ1n) is 8.40. The van der Waals surface area contributed by atoms with Gasteiger partial charge in [-0.3, -0.25) is 0 Å². The minimum absolute atomic E-state index is 0.00424. The van der Waals surface area contributed by atoms with Gasteiger partial charge in [-0.2, -0.15) is 0 Å². The van der Waals surface area contributed by atoms with E-state index in [2.05, 4.69) is 25.5 Å². The second kappa shape index (κ2) is 7.58. The summed E-state index contributed by atoms with van der Waals surface area (Å²) in [6.07, 6.45) is 0. The number of benzene rings is 2. The lowest BCUT2D eigenvalue weighted by Gasteiger charge is -2.19. The van der Waals surface area contributed by atoms with Crippen molar-refractivity contribution in [2.24, 2.45) is 0 Å². The van der Waals surface area contributed by atoms with E-state index in [9.17, 15) is 8.42 Å². The third kappa shape index (κ3) is 5.31. The van der Waals surface area contributed by atoms with Gasteiger partial charge < -0.3 is 4.74 Å². The highest BCUT2D eigenvalue weighted by molar-refractivity contribution is 7.89. The van der Waals surface area contributed by atoms with Crippen LogP contribution in [0.1, 0.15) is 37.5 Å². The van der Waals surface area contributed by atoms with Crippen molar-refractivity contribution in [3.63, 3.8) is 0 Å². The minimum Gasteiger partial charge on any atom is -0.492 e. The molecule has 0 amide bonds. The van der Waals surface area contributed by atoms with Crippen LogP contribution in [-0.4, -0.2) is 21.6 Å². The monoisotopic (exact) mass is 361 g/mol. The van der Waals surface area contributed by atoms with E-state index in [0.29, 0.717) is 0 Å². The average molecular weight is 362 g/mol. The number of sulfonamides is 1. The SMILES string of the molecule is Cc1ccc(OCCNS(=O)(=O)c2ccc(C(C)(C)C)cc2)cc1C. The van der Waals surface area contributed by atoms with Crippen LogP contribution in [0.25, 0.3) is 0 Å². The van der Waals surface area contributed by atoms with Gasteiger partial charge in [-0.1, -0.05) is 39.0 Å². The zero-order valence-electron chi connectivity index (χ0n) is 15.6. The molecule has 0 radical (unpaired) electrons. The highest BCUT2D eigenvalue weighted by Gasteiger charge is 2.17. The van der Waals surface area contributed by atoms with Crippen LogP contribution >= 0.6 is 0 Å². The van der Waals surface area contributed by atoms with Crippen LogP contribution in [0.2, 0.25) is 0 Å². The molecule has 0 saturated carbocycles. The number of ether oxygens (including phenoxy) is 1. The first kappa shape index (κ1) is 19.5. The Morgan fingerprint density at radius 3 is 2.16 bits per heavy atom. The predicted molar refractivity (Wildman–Crippen MR) is 102 cm³/mol. The Morgan fingerprint density at radius 2 is 1.60 bits per heavy atom. The smallest absolute Gasteiger partial charge is 0.240 e. The third-order valence-corrected chi connectivity index (χ3v) is 5.65. The molecule has 0 aliphatic heterocycles. The summed E-state index contributed by atoms with van der Waals surface area (Å²) >= 11 is 0. The Morgan fingerprint density at radius 1 is 0.960 bits per heavy atom. The second-order valence-electron chi connectivity index (χ2n) is 7.27. The van der Waals surface area contributed by atoms with E-state index in [1.54, 1.807) is 12.1 Å². The molecule has 1 N–H and O–H groups in total. The molecule has 0 saturated heterocycles. The molecule has 0 aromatic heterocycles. The van der Waals surface area contributed by atoms with Gasteiger partial charge in [-0.05, 0) is 60.2 Å². The molecule has 0 fully saturated rings. The molecule has 0 unspecified atom stereocenters. The van der Waals surface area contributed by atoms with Crippen LogP contribution in [0.15, 0.2) is 47.4 Å². The lowest BCUT2D eigenvalue weighted by molar-refractivity contribution is 0.322. The van der Waals surface area contributed by atoms with Crippen molar-refractivity contribution in [3.8, 4) is 5.75 Å². The van der Waals surface area contributed by atoms with E-state index < -0.39 is 10.0 Å². The summed E-state index contributed by atoms with van der Waals surface area (Å²) in [5, 5.41) is 0. The van der Waals surface area contributed by atoms with E-state index >= 15 is 0 Å². The summed E-state index contributed by atoms with van der Waals surface area (Å²) in [4.78, 5) is 0.270. The standard InChI is InChI=1S/C20H27NO3S/c1-15-6-9-18(14-16(15)2)24-13-12-21-25(22,23)19-10-7-17(8-11-19)20(3,4)5/h6-11,14,21H,12-13H2,1-5H3. The summed E-state index contributed by atoms with van der Waals surface area (Å²) in [6, 6.07) is 12.9. The molecule has 0 bridgehead atoms. The van der Waals surface area contributed by atoms with E-state index in [0.717, 1.165) is 16.9 Å². The Hall–Kier alpha value is -1.85. The summed E-state index contributed by atoms with van der Waals surface area (Å²) in [6.45, 7) is 10.8. The van der Waals surface area contributed by atoms with Gasteiger partial charge >= 0.3 is 0 Å². The van der Waals surface area contributed by atoms with Crippen molar-refractivity contribution in [2.75, 3.05) is 13.2 Å². The lowest BCUT2D eigenvalue weighted by Crippen LogP contribution is -2.28. The summed E-state index contributed by atoms with van der Waals surface area (Å²) in [7, 11) is -3.52. The molecule has 5 heteroatoms. The molecule has 2 aromatic carbocycles. The molecule has 136 valence electrons. The average Bonchev–Trinajstić information content (AvgIpc) is 2.54. The van der Waals surface area contributed by atoms with Crippen LogP contribution in [0, 0.1) is 13.8 Å². The van der Waals surface area contributed by atoms with Gasteiger partial charge in [0.25, 0.3) is 0 Å². The fourth-order valence-electron chi connectivity index (χ4n) is 2.37. The van der Waals surface area contributed by atoms with Gasteiger partial charge in [-0.25, -0.2) is 13.1 Å². The van der Waals surface area contributed by atoms with Crippen LogP contribution in [0.5, 0.6) is 5.75 Å². The van der Waals surface area contributed by atoms with Crippen molar-refractivity contribution in [3.05, 3.63) is 59.2 Å². The molecule has 0 aliphatic rings. The molecular weight excluding hydrogens is 334 g/mol. The minimum atomic E-state index is -3.52. The summed E-state index contributed by atoms with van der Waals surface area (Å²) in [5.41, 5.74) is 3.45. The van der Waals surface area contributed by atoms with Gasteiger partial charge in [-0.15, -0.1) is 0 Å². The number of rotatable bonds is 6. The van der Waals surface area contributed by atoms with Gasteiger partial charge in [0.1, 0.15) is 12.4 Å². The molecule has 0 aliphatic carbocycles.